The van der Waals surface area contributed by atoms with Crippen molar-refractivity contribution in [3.63, 3.8) is 0 Å². The zero-order valence-corrected chi connectivity index (χ0v) is 12.0. The van der Waals surface area contributed by atoms with Crippen LogP contribution in [0.3, 0.4) is 0 Å². The summed E-state index contributed by atoms with van der Waals surface area (Å²) >= 11 is 0. The highest BCUT2D eigenvalue weighted by atomic mass is 19.1. The summed E-state index contributed by atoms with van der Waals surface area (Å²) in [6.07, 6.45) is -0.366. The van der Waals surface area contributed by atoms with E-state index < -0.39 is 17.5 Å². The Labute approximate surface area is 122 Å². The minimum Gasteiger partial charge on any atom is -0.409 e. The molecule has 1 rings (SSSR count). The first kappa shape index (κ1) is 16.9. The maximum atomic E-state index is 13.5. The first-order valence-electron chi connectivity index (χ1n) is 6.58. The standard InChI is InChI=1S/C14H19F2N3O2/c1-3-19(8-9(2)14(17)18-21)13(20)7-10-11(15)5-4-6-12(10)16/h4-6,9,21H,3,7-8H2,1-2H3,(H2,17,18). The molecular formula is C14H19F2N3O2. The van der Waals surface area contributed by atoms with Gasteiger partial charge >= 0.3 is 0 Å². The topological polar surface area (TPSA) is 78.9 Å². The molecule has 1 aromatic rings. The molecule has 0 aromatic heterocycles. The number of nitrogens with zero attached hydrogens (tertiary/aromatic N) is 2. The number of halogens is 2. The molecule has 0 aliphatic carbocycles. The van der Waals surface area contributed by atoms with E-state index in [9.17, 15) is 13.6 Å². The summed E-state index contributed by atoms with van der Waals surface area (Å²) in [6.45, 7) is 4.00. The van der Waals surface area contributed by atoms with Crippen molar-refractivity contribution >= 4 is 11.7 Å². The van der Waals surface area contributed by atoms with E-state index in [-0.39, 0.29) is 30.3 Å². The van der Waals surface area contributed by atoms with Crippen molar-refractivity contribution in [3.05, 3.63) is 35.4 Å². The van der Waals surface area contributed by atoms with Gasteiger partial charge in [0.25, 0.3) is 0 Å². The van der Waals surface area contributed by atoms with E-state index in [1.54, 1.807) is 13.8 Å². The van der Waals surface area contributed by atoms with Crippen molar-refractivity contribution in [1.29, 1.82) is 0 Å². The highest BCUT2D eigenvalue weighted by Gasteiger charge is 2.20. The normalized spacial score (nSPS) is 13.0. The summed E-state index contributed by atoms with van der Waals surface area (Å²) in [6, 6.07) is 3.47. The Balaban J connectivity index is 2.81. The summed E-state index contributed by atoms with van der Waals surface area (Å²) in [5, 5.41) is 11.5. The molecule has 0 bridgehead atoms. The van der Waals surface area contributed by atoms with Crippen LogP contribution in [0.1, 0.15) is 19.4 Å². The number of carbonyl (C=O) groups is 1. The molecule has 0 aliphatic heterocycles. The highest BCUT2D eigenvalue weighted by Crippen LogP contribution is 2.14. The van der Waals surface area contributed by atoms with Gasteiger partial charge in [-0.15, -0.1) is 0 Å². The second-order valence-electron chi connectivity index (χ2n) is 4.74. The fourth-order valence-corrected chi connectivity index (χ4v) is 1.89. The summed E-state index contributed by atoms with van der Waals surface area (Å²) in [7, 11) is 0. The molecule has 0 saturated carbocycles. The first-order valence-corrected chi connectivity index (χ1v) is 6.58. The predicted octanol–water partition coefficient (Wildman–Crippen LogP) is 1.74. The maximum Gasteiger partial charge on any atom is 0.227 e. The highest BCUT2D eigenvalue weighted by molar-refractivity contribution is 5.83. The first-order chi connectivity index (χ1) is 9.90. The van der Waals surface area contributed by atoms with Crippen molar-refractivity contribution in [2.24, 2.45) is 16.8 Å². The number of rotatable bonds is 6. The largest absolute Gasteiger partial charge is 0.409 e. The van der Waals surface area contributed by atoms with Gasteiger partial charge in [-0.25, -0.2) is 8.78 Å². The number of likely N-dealkylation sites (N-methyl/N-ethyl adjacent to an activating group) is 1. The van der Waals surface area contributed by atoms with E-state index in [0.29, 0.717) is 6.54 Å². The third-order valence-electron chi connectivity index (χ3n) is 3.24. The number of hydrogen-bond acceptors (Lipinski definition) is 3. The lowest BCUT2D eigenvalue weighted by Crippen LogP contribution is -2.39. The lowest BCUT2D eigenvalue weighted by Gasteiger charge is -2.24. The zero-order valence-electron chi connectivity index (χ0n) is 12.0. The Kier molecular flexibility index (Phi) is 6.08. The van der Waals surface area contributed by atoms with E-state index in [1.807, 2.05) is 0 Å². The second kappa shape index (κ2) is 7.56. The molecular weight excluding hydrogens is 280 g/mol. The molecule has 0 heterocycles. The molecule has 1 unspecified atom stereocenters. The van der Waals surface area contributed by atoms with Gasteiger partial charge in [-0.05, 0) is 19.1 Å². The van der Waals surface area contributed by atoms with Crippen molar-refractivity contribution in [2.75, 3.05) is 13.1 Å². The molecule has 5 nitrogen and oxygen atoms in total. The Bertz CT molecular complexity index is 515. The van der Waals surface area contributed by atoms with Crippen LogP contribution in [0.2, 0.25) is 0 Å². The molecule has 0 radical (unpaired) electrons. The number of amidine groups is 1. The van der Waals surface area contributed by atoms with Crippen molar-refractivity contribution in [3.8, 4) is 0 Å². The van der Waals surface area contributed by atoms with Gasteiger partial charge in [0.1, 0.15) is 17.5 Å². The molecule has 1 aromatic carbocycles. The minimum atomic E-state index is -0.746. The number of carbonyl (C=O) groups excluding carboxylic acids is 1. The zero-order chi connectivity index (χ0) is 16.0. The second-order valence-corrected chi connectivity index (χ2v) is 4.74. The predicted molar refractivity (Wildman–Crippen MR) is 74.9 cm³/mol. The lowest BCUT2D eigenvalue weighted by molar-refractivity contribution is -0.130. The van der Waals surface area contributed by atoms with E-state index in [0.717, 1.165) is 12.1 Å². The smallest absolute Gasteiger partial charge is 0.227 e. The van der Waals surface area contributed by atoms with Gasteiger partial charge < -0.3 is 15.8 Å². The van der Waals surface area contributed by atoms with Crippen molar-refractivity contribution < 1.29 is 18.8 Å². The summed E-state index contributed by atoms with van der Waals surface area (Å²) < 4.78 is 27.1. The molecule has 7 heteroatoms. The molecule has 0 fully saturated rings. The number of benzene rings is 1. The molecule has 3 N–H and O–H groups in total. The molecule has 116 valence electrons. The maximum absolute atomic E-state index is 13.5. The number of amides is 1. The Morgan fingerprint density at radius 2 is 2.00 bits per heavy atom. The summed E-state index contributed by atoms with van der Waals surface area (Å²) in [5.74, 6) is -2.27. The van der Waals surface area contributed by atoms with Crippen LogP contribution in [0.15, 0.2) is 23.4 Å². The fourth-order valence-electron chi connectivity index (χ4n) is 1.89. The van der Waals surface area contributed by atoms with Crippen LogP contribution in [-0.4, -0.2) is 34.9 Å². The molecule has 1 atom stereocenters. The third-order valence-corrected chi connectivity index (χ3v) is 3.24. The fraction of sp³-hybridized carbons (Fsp3) is 0.429. The van der Waals surface area contributed by atoms with Gasteiger partial charge in [-0.1, -0.05) is 18.1 Å². The van der Waals surface area contributed by atoms with Crippen LogP contribution in [-0.2, 0) is 11.2 Å². The number of oxime groups is 1. The van der Waals surface area contributed by atoms with Crippen LogP contribution < -0.4 is 5.73 Å². The lowest BCUT2D eigenvalue weighted by atomic mass is 10.1. The Morgan fingerprint density at radius 1 is 1.43 bits per heavy atom. The van der Waals surface area contributed by atoms with Gasteiger partial charge in [-0.3, -0.25) is 4.79 Å². The van der Waals surface area contributed by atoms with Crippen molar-refractivity contribution in [1.82, 2.24) is 4.90 Å². The summed E-state index contributed by atoms with van der Waals surface area (Å²) in [4.78, 5) is 13.6. The van der Waals surface area contributed by atoms with Crippen LogP contribution in [0.4, 0.5) is 8.78 Å². The monoisotopic (exact) mass is 299 g/mol. The summed E-state index contributed by atoms with van der Waals surface area (Å²) in [5.41, 5.74) is 5.21. The van der Waals surface area contributed by atoms with Crippen molar-refractivity contribution in [2.45, 2.75) is 20.3 Å². The SMILES string of the molecule is CCN(CC(C)/C(N)=N/O)C(=O)Cc1c(F)cccc1F. The van der Waals surface area contributed by atoms with E-state index in [2.05, 4.69) is 5.16 Å². The molecule has 1 amide bonds. The number of nitrogens with two attached hydrogens (primary N) is 1. The van der Waals surface area contributed by atoms with E-state index in [1.165, 1.54) is 11.0 Å². The molecule has 0 aliphatic rings. The molecule has 21 heavy (non-hydrogen) atoms. The van der Waals surface area contributed by atoms with Crippen LogP contribution in [0, 0.1) is 17.6 Å². The van der Waals surface area contributed by atoms with Gasteiger partial charge in [0, 0.05) is 24.6 Å². The quantitative estimate of drug-likeness (QED) is 0.363. The number of hydrogen-bond donors (Lipinski definition) is 2. The Hall–Kier alpha value is -2.18. The third kappa shape index (κ3) is 4.40. The van der Waals surface area contributed by atoms with E-state index in [4.69, 9.17) is 10.9 Å². The minimum absolute atomic E-state index is 0.00155. The molecule has 0 spiro atoms. The van der Waals surface area contributed by atoms with Crippen LogP contribution >= 0.6 is 0 Å². The average Bonchev–Trinajstić information content (AvgIpc) is 2.47. The van der Waals surface area contributed by atoms with Gasteiger partial charge in [-0.2, -0.15) is 0 Å². The van der Waals surface area contributed by atoms with Crippen LogP contribution in [0.5, 0.6) is 0 Å². The molecule has 0 saturated heterocycles. The van der Waals surface area contributed by atoms with Gasteiger partial charge in [0.15, 0.2) is 0 Å². The average molecular weight is 299 g/mol. The van der Waals surface area contributed by atoms with Crippen LogP contribution in [0.25, 0.3) is 0 Å². The van der Waals surface area contributed by atoms with Gasteiger partial charge in [0.2, 0.25) is 5.91 Å². The van der Waals surface area contributed by atoms with E-state index >= 15 is 0 Å². The Morgan fingerprint density at radius 3 is 2.48 bits per heavy atom. The van der Waals surface area contributed by atoms with Gasteiger partial charge in [0.05, 0.1) is 6.42 Å².